The number of nitrogens with zero attached hydrogens (tertiary/aromatic N) is 4. The Morgan fingerprint density at radius 3 is 3.00 bits per heavy atom. The van der Waals surface area contributed by atoms with Gasteiger partial charge in [0.15, 0.2) is 5.82 Å². The molecule has 0 N–H and O–H groups in total. The van der Waals surface area contributed by atoms with Crippen molar-refractivity contribution in [3.05, 3.63) is 40.8 Å². The average molecular weight is 323 g/mol. The van der Waals surface area contributed by atoms with Gasteiger partial charge in [-0.1, -0.05) is 16.8 Å². The lowest BCUT2D eigenvalue weighted by atomic mass is 10.1. The molecule has 0 radical (unpaired) electrons. The van der Waals surface area contributed by atoms with Crippen molar-refractivity contribution in [1.82, 2.24) is 20.0 Å². The first-order valence-electron chi connectivity index (χ1n) is 6.90. The number of ether oxygens (including phenoxy) is 1. The molecule has 0 spiro atoms. The number of pyridine rings is 1. The molecule has 2 atom stereocenters. The Bertz CT molecular complexity index is 690. The second-order valence-corrected chi connectivity index (χ2v) is 5.46. The van der Waals surface area contributed by atoms with Crippen LogP contribution in [-0.2, 0) is 4.74 Å². The van der Waals surface area contributed by atoms with Crippen molar-refractivity contribution in [1.29, 1.82) is 0 Å². The quantitative estimate of drug-likeness (QED) is 0.841. The van der Waals surface area contributed by atoms with Gasteiger partial charge in [-0.25, -0.2) is 0 Å². The highest BCUT2D eigenvalue weighted by atomic mass is 35.5. The van der Waals surface area contributed by atoms with Crippen LogP contribution in [0, 0.1) is 6.92 Å². The van der Waals surface area contributed by atoms with E-state index in [4.69, 9.17) is 20.9 Å². The molecule has 1 aliphatic rings. The normalized spacial score (nSPS) is 21.9. The number of aryl methyl sites for hydroxylation is 1. The molecule has 7 nitrogen and oxygen atoms in total. The minimum absolute atomic E-state index is 0.205. The molecule has 1 aliphatic heterocycles. The highest BCUT2D eigenvalue weighted by molar-refractivity contribution is 6.33. The molecule has 3 rings (SSSR count). The molecule has 8 heteroatoms. The van der Waals surface area contributed by atoms with Crippen molar-refractivity contribution < 1.29 is 14.1 Å². The van der Waals surface area contributed by atoms with E-state index in [1.807, 2.05) is 6.92 Å². The molecule has 2 aromatic heterocycles. The maximum Gasteiger partial charge on any atom is 0.256 e. The summed E-state index contributed by atoms with van der Waals surface area (Å²) in [5, 5.41) is 4.11. The first-order chi connectivity index (χ1) is 10.6. The zero-order chi connectivity index (χ0) is 15.7. The maximum atomic E-state index is 12.8. The fourth-order valence-electron chi connectivity index (χ4n) is 2.52. The fraction of sp³-hybridized carbons (Fsp3) is 0.429. The van der Waals surface area contributed by atoms with Crippen molar-refractivity contribution in [2.75, 3.05) is 13.2 Å². The van der Waals surface area contributed by atoms with Gasteiger partial charge in [-0.05, 0) is 19.9 Å². The van der Waals surface area contributed by atoms with Gasteiger partial charge in [0.25, 0.3) is 11.8 Å². The smallest absolute Gasteiger partial charge is 0.256 e. The monoisotopic (exact) mass is 322 g/mol. The lowest BCUT2D eigenvalue weighted by Gasteiger charge is -2.37. The van der Waals surface area contributed by atoms with Gasteiger partial charge in [-0.3, -0.25) is 9.78 Å². The Labute approximate surface area is 132 Å². The number of halogens is 1. The van der Waals surface area contributed by atoms with Crippen LogP contribution in [0.4, 0.5) is 0 Å². The van der Waals surface area contributed by atoms with Gasteiger partial charge in [0.2, 0.25) is 0 Å². The molecule has 22 heavy (non-hydrogen) atoms. The molecule has 1 saturated heterocycles. The van der Waals surface area contributed by atoms with Crippen molar-refractivity contribution in [2.24, 2.45) is 0 Å². The predicted molar refractivity (Wildman–Crippen MR) is 77.5 cm³/mol. The van der Waals surface area contributed by atoms with Crippen LogP contribution in [0.15, 0.2) is 23.0 Å². The number of amides is 1. The summed E-state index contributed by atoms with van der Waals surface area (Å²) in [5.74, 6) is 0.675. The molecule has 0 unspecified atom stereocenters. The molecule has 0 bridgehead atoms. The maximum absolute atomic E-state index is 12.8. The summed E-state index contributed by atoms with van der Waals surface area (Å²) in [6.45, 7) is 4.47. The highest BCUT2D eigenvalue weighted by Gasteiger charge is 2.38. The number of carbonyl (C=O) groups is 1. The fourth-order valence-corrected chi connectivity index (χ4v) is 2.72. The second-order valence-electron chi connectivity index (χ2n) is 5.05. The van der Waals surface area contributed by atoms with Crippen molar-refractivity contribution in [2.45, 2.75) is 26.0 Å². The summed E-state index contributed by atoms with van der Waals surface area (Å²) in [6, 6.07) is 1.16. The zero-order valence-corrected chi connectivity index (χ0v) is 12.9. The summed E-state index contributed by atoms with van der Waals surface area (Å²) in [6.07, 6.45) is 2.73. The van der Waals surface area contributed by atoms with Crippen LogP contribution in [0.2, 0.25) is 5.02 Å². The molecule has 2 aromatic rings. The van der Waals surface area contributed by atoms with E-state index >= 15 is 0 Å². The Hall–Kier alpha value is -1.99. The Kier molecular flexibility index (Phi) is 4.08. The van der Waals surface area contributed by atoms with Crippen molar-refractivity contribution in [3.63, 3.8) is 0 Å². The standard InChI is InChI=1S/C14H15ClN4O3/c1-8-12(13-17-9(2)18-22-13)19(5-6-21-8)14(20)10-3-4-16-7-11(10)15/h3-4,7-8,12H,5-6H2,1-2H3/t8-,12+/m1/s1. The third kappa shape index (κ3) is 2.69. The van der Waals surface area contributed by atoms with Gasteiger partial charge in [0.1, 0.15) is 6.04 Å². The largest absolute Gasteiger partial charge is 0.374 e. The van der Waals surface area contributed by atoms with Crippen LogP contribution in [0.5, 0.6) is 0 Å². The van der Waals surface area contributed by atoms with Gasteiger partial charge in [0.05, 0.1) is 23.3 Å². The second kappa shape index (κ2) is 6.02. The minimum Gasteiger partial charge on any atom is -0.374 e. The van der Waals surface area contributed by atoms with Crippen molar-refractivity contribution in [3.8, 4) is 0 Å². The van der Waals surface area contributed by atoms with Gasteiger partial charge in [-0.2, -0.15) is 4.98 Å². The van der Waals surface area contributed by atoms with Gasteiger partial charge in [-0.15, -0.1) is 0 Å². The van der Waals surface area contributed by atoms with E-state index in [0.717, 1.165) is 0 Å². The number of hydrogen-bond donors (Lipinski definition) is 0. The molecular formula is C14H15ClN4O3. The van der Waals surface area contributed by atoms with Gasteiger partial charge < -0.3 is 14.2 Å². The molecule has 116 valence electrons. The summed E-state index contributed by atoms with van der Waals surface area (Å²) in [4.78, 5) is 22.6. The van der Waals surface area contributed by atoms with Crippen LogP contribution in [0.25, 0.3) is 0 Å². The minimum atomic E-state index is -0.438. The van der Waals surface area contributed by atoms with Crippen LogP contribution < -0.4 is 0 Å². The SMILES string of the molecule is Cc1noc([C@@H]2[C@@H](C)OCCN2C(=O)c2ccncc2Cl)n1. The first-order valence-corrected chi connectivity index (χ1v) is 7.28. The Morgan fingerprint density at radius 2 is 2.32 bits per heavy atom. The van der Waals surface area contributed by atoms with E-state index < -0.39 is 6.04 Å². The van der Waals surface area contributed by atoms with Crippen LogP contribution in [0.3, 0.4) is 0 Å². The van der Waals surface area contributed by atoms with E-state index in [-0.39, 0.29) is 12.0 Å². The Balaban J connectivity index is 1.96. The molecule has 0 aromatic carbocycles. The third-order valence-corrected chi connectivity index (χ3v) is 3.85. The van der Waals surface area contributed by atoms with Crippen LogP contribution in [-0.4, -0.2) is 45.2 Å². The van der Waals surface area contributed by atoms with E-state index in [1.165, 1.54) is 12.4 Å². The van der Waals surface area contributed by atoms with E-state index in [9.17, 15) is 4.79 Å². The number of hydrogen-bond acceptors (Lipinski definition) is 6. The molecule has 3 heterocycles. The highest BCUT2D eigenvalue weighted by Crippen LogP contribution is 2.30. The number of carbonyl (C=O) groups excluding carboxylic acids is 1. The van der Waals surface area contributed by atoms with Crippen LogP contribution >= 0.6 is 11.6 Å². The van der Waals surface area contributed by atoms with E-state index in [0.29, 0.717) is 35.5 Å². The molecule has 0 saturated carbocycles. The lowest BCUT2D eigenvalue weighted by molar-refractivity contribution is -0.0600. The molecular weight excluding hydrogens is 308 g/mol. The molecule has 0 aliphatic carbocycles. The van der Waals surface area contributed by atoms with Gasteiger partial charge >= 0.3 is 0 Å². The topological polar surface area (TPSA) is 81.4 Å². The summed E-state index contributed by atoms with van der Waals surface area (Å²) < 4.78 is 10.9. The average Bonchev–Trinajstić information content (AvgIpc) is 2.93. The van der Waals surface area contributed by atoms with Crippen molar-refractivity contribution >= 4 is 17.5 Å². The molecule has 1 amide bonds. The van der Waals surface area contributed by atoms with Crippen LogP contribution in [0.1, 0.15) is 35.0 Å². The predicted octanol–water partition coefficient (Wildman–Crippen LogP) is 2.03. The molecule has 1 fully saturated rings. The zero-order valence-electron chi connectivity index (χ0n) is 12.2. The van der Waals surface area contributed by atoms with Gasteiger partial charge in [0, 0.05) is 18.9 Å². The summed E-state index contributed by atoms with van der Waals surface area (Å²) in [5.41, 5.74) is 0.395. The summed E-state index contributed by atoms with van der Waals surface area (Å²) in [7, 11) is 0. The number of rotatable bonds is 2. The number of morpholine rings is 1. The van der Waals surface area contributed by atoms with E-state index in [2.05, 4.69) is 15.1 Å². The van der Waals surface area contributed by atoms with E-state index in [1.54, 1.807) is 17.9 Å². The Morgan fingerprint density at radius 1 is 1.50 bits per heavy atom. The first kappa shape index (κ1) is 14.9. The summed E-state index contributed by atoms with van der Waals surface area (Å²) >= 11 is 6.08. The lowest BCUT2D eigenvalue weighted by Crippen LogP contribution is -2.47. The third-order valence-electron chi connectivity index (χ3n) is 3.55. The number of aromatic nitrogens is 3.